The van der Waals surface area contributed by atoms with Gasteiger partial charge in [-0.3, -0.25) is 14.9 Å². The molecule has 184 valence electrons. The van der Waals surface area contributed by atoms with Gasteiger partial charge in [-0.15, -0.1) is 5.10 Å². The van der Waals surface area contributed by atoms with Gasteiger partial charge in [0.15, 0.2) is 5.82 Å². The van der Waals surface area contributed by atoms with Gasteiger partial charge in [-0.2, -0.15) is 4.98 Å². The van der Waals surface area contributed by atoms with Gasteiger partial charge in [0.2, 0.25) is 0 Å². The Labute approximate surface area is 211 Å². The highest BCUT2D eigenvalue weighted by Gasteiger charge is 2.18. The molecule has 0 atom stereocenters. The highest BCUT2D eigenvalue weighted by atomic mass is 35.5. The number of carbonyl (C=O) groups is 1. The second-order valence-corrected chi connectivity index (χ2v) is 8.12. The first-order valence-corrected chi connectivity index (χ1v) is 11.3. The summed E-state index contributed by atoms with van der Waals surface area (Å²) in [5.41, 5.74) is 3.07. The number of methoxy groups -OCH3 is 1. The lowest BCUT2D eigenvalue weighted by Crippen LogP contribution is -2.12. The predicted molar refractivity (Wildman–Crippen MR) is 135 cm³/mol. The Morgan fingerprint density at radius 1 is 1.11 bits per heavy atom. The molecule has 1 aromatic heterocycles. The van der Waals surface area contributed by atoms with Crippen LogP contribution in [0.1, 0.15) is 15.9 Å². The van der Waals surface area contributed by atoms with Crippen molar-refractivity contribution in [2.45, 2.75) is 6.92 Å². The largest absolute Gasteiger partial charge is 0.460 e. The van der Waals surface area contributed by atoms with Gasteiger partial charge in [0.1, 0.15) is 6.61 Å². The van der Waals surface area contributed by atoms with Crippen molar-refractivity contribution in [3.05, 3.63) is 93.0 Å². The average Bonchev–Trinajstić information content (AvgIpc) is 3.28. The lowest BCUT2D eigenvalue weighted by Gasteiger charge is -2.10. The first-order chi connectivity index (χ1) is 17.4. The van der Waals surface area contributed by atoms with Crippen LogP contribution in [-0.2, 0) is 4.74 Å². The Kier molecular flexibility index (Phi) is 7.57. The summed E-state index contributed by atoms with van der Waals surface area (Å²) in [7, 11) is 1.59. The lowest BCUT2D eigenvalue weighted by atomic mass is 10.1. The molecule has 4 rings (SSSR count). The molecule has 1 N–H and O–H groups in total. The second-order valence-electron chi connectivity index (χ2n) is 7.71. The van der Waals surface area contributed by atoms with Crippen molar-refractivity contribution in [3.8, 4) is 23.1 Å². The fourth-order valence-corrected chi connectivity index (χ4v) is 3.70. The van der Waals surface area contributed by atoms with Crippen LogP contribution in [0.2, 0.25) is 5.02 Å². The van der Waals surface area contributed by atoms with Crippen molar-refractivity contribution in [3.63, 3.8) is 0 Å². The van der Waals surface area contributed by atoms with E-state index >= 15 is 0 Å². The van der Waals surface area contributed by atoms with E-state index in [1.54, 1.807) is 36.1 Å². The SMILES string of the molecule is COCCOc1nc(-c2ccccc2C)n(-c2ccc(NC(=O)c3ccc([N+](=O)[O-])cc3Cl)cc2)n1. The quantitative estimate of drug-likeness (QED) is 0.190. The van der Waals surface area contributed by atoms with E-state index in [-0.39, 0.29) is 22.3 Å². The highest BCUT2D eigenvalue weighted by molar-refractivity contribution is 6.34. The molecule has 3 aromatic carbocycles. The minimum Gasteiger partial charge on any atom is -0.460 e. The van der Waals surface area contributed by atoms with Crippen LogP contribution in [0.3, 0.4) is 0 Å². The number of anilines is 1. The van der Waals surface area contributed by atoms with E-state index in [1.165, 1.54) is 12.1 Å². The molecule has 1 heterocycles. The Hall–Kier alpha value is -4.28. The molecule has 0 saturated carbocycles. The average molecular weight is 508 g/mol. The molecule has 10 nitrogen and oxygen atoms in total. The molecule has 0 aliphatic heterocycles. The number of nitro benzene ring substituents is 1. The lowest BCUT2D eigenvalue weighted by molar-refractivity contribution is -0.384. The third-order valence-corrected chi connectivity index (χ3v) is 5.58. The number of hydrogen-bond donors (Lipinski definition) is 1. The van der Waals surface area contributed by atoms with Crippen LogP contribution >= 0.6 is 11.6 Å². The molecule has 0 bridgehead atoms. The van der Waals surface area contributed by atoms with Crippen LogP contribution < -0.4 is 10.1 Å². The maximum absolute atomic E-state index is 12.7. The molecular formula is C25H22ClN5O5. The molecule has 4 aromatic rings. The minimum atomic E-state index is -0.574. The maximum atomic E-state index is 12.7. The molecule has 0 aliphatic carbocycles. The summed E-state index contributed by atoms with van der Waals surface area (Å²) < 4.78 is 12.3. The number of halogens is 1. The molecule has 0 aliphatic rings. The first kappa shape index (κ1) is 24.8. The summed E-state index contributed by atoms with van der Waals surface area (Å²) in [6, 6.07) is 18.7. The molecule has 36 heavy (non-hydrogen) atoms. The molecule has 0 spiro atoms. The topological polar surface area (TPSA) is 121 Å². The van der Waals surface area contributed by atoms with Crippen LogP contribution in [0.15, 0.2) is 66.7 Å². The van der Waals surface area contributed by atoms with E-state index in [1.807, 2.05) is 31.2 Å². The van der Waals surface area contributed by atoms with E-state index in [0.29, 0.717) is 30.4 Å². The number of hydrogen-bond acceptors (Lipinski definition) is 7. The highest BCUT2D eigenvalue weighted by Crippen LogP contribution is 2.27. The Bertz CT molecular complexity index is 1400. The van der Waals surface area contributed by atoms with E-state index in [9.17, 15) is 14.9 Å². The maximum Gasteiger partial charge on any atom is 0.336 e. The zero-order valence-corrected chi connectivity index (χ0v) is 20.2. The number of aryl methyl sites for hydroxylation is 1. The standard InChI is InChI=1S/C25H22ClN5O5/c1-16-5-3-4-6-20(16)23-28-25(36-14-13-35-2)29-30(23)18-9-7-17(8-10-18)27-24(32)21-12-11-19(31(33)34)15-22(21)26/h3-12,15H,13-14H2,1-2H3,(H,27,32). The van der Waals surface area contributed by atoms with Crippen molar-refractivity contribution in [1.82, 2.24) is 14.8 Å². The Morgan fingerprint density at radius 3 is 2.53 bits per heavy atom. The molecule has 11 heteroatoms. The third kappa shape index (κ3) is 5.51. The molecule has 1 amide bonds. The fourth-order valence-electron chi connectivity index (χ4n) is 3.43. The monoisotopic (exact) mass is 507 g/mol. The minimum absolute atomic E-state index is 0.00943. The van der Waals surface area contributed by atoms with Crippen LogP contribution in [0.25, 0.3) is 17.1 Å². The van der Waals surface area contributed by atoms with Gasteiger partial charge in [-0.05, 0) is 42.8 Å². The van der Waals surface area contributed by atoms with Crippen LogP contribution in [0.5, 0.6) is 6.01 Å². The first-order valence-electron chi connectivity index (χ1n) is 10.9. The fraction of sp³-hybridized carbons (Fsp3) is 0.160. The molecular weight excluding hydrogens is 486 g/mol. The number of rotatable bonds is 9. The van der Waals surface area contributed by atoms with Crippen molar-refractivity contribution < 1.29 is 19.2 Å². The molecule has 0 saturated heterocycles. The number of nitrogens with zero attached hydrogens (tertiary/aromatic N) is 4. The summed E-state index contributed by atoms with van der Waals surface area (Å²) >= 11 is 6.07. The van der Waals surface area contributed by atoms with Crippen molar-refractivity contribution in [2.75, 3.05) is 25.6 Å². The normalized spacial score (nSPS) is 10.8. The number of non-ortho nitro benzene ring substituents is 1. The Balaban J connectivity index is 1.59. The van der Waals surface area contributed by atoms with Crippen LogP contribution in [-0.4, -0.2) is 45.9 Å². The van der Waals surface area contributed by atoms with Gasteiger partial charge >= 0.3 is 6.01 Å². The second kappa shape index (κ2) is 11.0. The summed E-state index contributed by atoms with van der Waals surface area (Å²) in [6.45, 7) is 2.70. The van der Waals surface area contributed by atoms with E-state index in [4.69, 9.17) is 21.1 Å². The van der Waals surface area contributed by atoms with E-state index in [0.717, 1.165) is 17.2 Å². The Morgan fingerprint density at radius 2 is 1.86 bits per heavy atom. The number of nitro groups is 1. The molecule has 0 unspecified atom stereocenters. The van der Waals surface area contributed by atoms with Crippen molar-refractivity contribution >= 4 is 28.9 Å². The zero-order valence-electron chi connectivity index (χ0n) is 19.5. The molecule has 0 radical (unpaired) electrons. The summed E-state index contributed by atoms with van der Waals surface area (Å²) in [6.07, 6.45) is 0. The predicted octanol–water partition coefficient (Wildman–Crippen LogP) is 5.08. The van der Waals surface area contributed by atoms with E-state index < -0.39 is 10.8 Å². The van der Waals surface area contributed by atoms with Crippen LogP contribution in [0, 0.1) is 17.0 Å². The van der Waals surface area contributed by atoms with Gasteiger partial charge in [-0.25, -0.2) is 4.68 Å². The number of ether oxygens (including phenoxy) is 2. The van der Waals surface area contributed by atoms with Crippen LogP contribution in [0.4, 0.5) is 11.4 Å². The van der Waals surface area contributed by atoms with Crippen molar-refractivity contribution in [2.24, 2.45) is 0 Å². The number of benzene rings is 3. The summed E-state index contributed by atoms with van der Waals surface area (Å²) in [4.78, 5) is 27.5. The van der Waals surface area contributed by atoms with Gasteiger partial charge in [0.05, 0.1) is 27.8 Å². The van der Waals surface area contributed by atoms with Gasteiger partial charge in [0.25, 0.3) is 11.6 Å². The number of nitrogens with one attached hydrogen (secondary N) is 1. The van der Waals surface area contributed by atoms with Gasteiger partial charge in [0, 0.05) is 30.5 Å². The number of amides is 1. The van der Waals surface area contributed by atoms with Crippen molar-refractivity contribution in [1.29, 1.82) is 0 Å². The van der Waals surface area contributed by atoms with Gasteiger partial charge < -0.3 is 14.8 Å². The van der Waals surface area contributed by atoms with E-state index in [2.05, 4.69) is 15.4 Å². The zero-order chi connectivity index (χ0) is 25.7. The third-order valence-electron chi connectivity index (χ3n) is 5.27. The summed E-state index contributed by atoms with van der Waals surface area (Å²) in [5.74, 6) is 0.118. The number of aromatic nitrogens is 3. The summed E-state index contributed by atoms with van der Waals surface area (Å²) in [5, 5.41) is 18.1. The molecule has 0 fully saturated rings. The van der Waals surface area contributed by atoms with Gasteiger partial charge in [-0.1, -0.05) is 35.9 Å². The smallest absolute Gasteiger partial charge is 0.336 e. The number of carbonyl (C=O) groups excluding carboxylic acids is 1.